The van der Waals surface area contributed by atoms with Gasteiger partial charge in [0.05, 0.1) is 12.8 Å². The first-order valence-corrected chi connectivity index (χ1v) is 9.42. The average molecular weight is 399 g/mol. The third-order valence-corrected chi connectivity index (χ3v) is 5.08. The summed E-state index contributed by atoms with van der Waals surface area (Å²) in [6.07, 6.45) is 0.151. The molecule has 0 saturated heterocycles. The minimum Gasteiger partial charge on any atom is -0.482 e. The Morgan fingerprint density at radius 1 is 1.38 bits per heavy atom. The maximum Gasteiger partial charge on any atom is 0.343 e. The van der Waals surface area contributed by atoms with Crippen LogP contribution in [0.5, 0.6) is 5.75 Å². The van der Waals surface area contributed by atoms with E-state index in [0.29, 0.717) is 22.5 Å². The van der Waals surface area contributed by atoms with Crippen molar-refractivity contribution in [2.75, 3.05) is 27.3 Å². The maximum atomic E-state index is 11.1. The van der Waals surface area contributed by atoms with Gasteiger partial charge in [-0.1, -0.05) is 23.7 Å². The van der Waals surface area contributed by atoms with Crippen molar-refractivity contribution < 1.29 is 19.4 Å². The van der Waals surface area contributed by atoms with Crippen LogP contribution in [-0.4, -0.2) is 54.3 Å². The molecule has 142 valence electrons. The first-order chi connectivity index (χ1) is 12.4. The molecule has 0 saturated carbocycles. The number of benzene rings is 1. The van der Waals surface area contributed by atoms with Crippen molar-refractivity contribution in [1.29, 1.82) is 0 Å². The van der Waals surface area contributed by atoms with Crippen molar-refractivity contribution in [3.63, 3.8) is 0 Å². The molecule has 1 N–H and O–H groups in total. The fourth-order valence-electron chi connectivity index (χ4n) is 2.38. The minimum absolute atomic E-state index is 0.104. The van der Waals surface area contributed by atoms with E-state index in [4.69, 9.17) is 16.3 Å². The van der Waals surface area contributed by atoms with Crippen LogP contribution in [0.4, 0.5) is 0 Å². The van der Waals surface area contributed by atoms with Crippen molar-refractivity contribution in [1.82, 2.24) is 9.88 Å². The number of hydrogen-bond donors (Lipinski definition) is 1. The zero-order valence-electron chi connectivity index (χ0n) is 15.0. The second kappa shape index (κ2) is 9.87. The molecule has 2 atom stereocenters. The Labute approximate surface area is 162 Å². The number of halogens is 1. The van der Waals surface area contributed by atoms with Crippen molar-refractivity contribution >= 4 is 28.9 Å². The number of methoxy groups -OCH3 is 1. The van der Waals surface area contributed by atoms with E-state index in [0.717, 1.165) is 12.0 Å². The van der Waals surface area contributed by atoms with Crippen molar-refractivity contribution in [3.8, 4) is 5.75 Å². The van der Waals surface area contributed by atoms with Gasteiger partial charge in [-0.2, -0.15) is 0 Å². The Balaban J connectivity index is 1.84. The number of ether oxygens (including phenoxy) is 2. The van der Waals surface area contributed by atoms with E-state index in [9.17, 15) is 9.90 Å². The van der Waals surface area contributed by atoms with Crippen LogP contribution in [0.3, 0.4) is 0 Å². The van der Waals surface area contributed by atoms with Gasteiger partial charge in [-0.25, -0.2) is 9.78 Å². The number of carbonyl (C=O) groups is 1. The molecule has 0 spiro atoms. The number of likely N-dealkylation sites (N-methyl/N-ethyl adjacent to an activating group) is 1. The van der Waals surface area contributed by atoms with Crippen LogP contribution < -0.4 is 4.74 Å². The molecular weight excluding hydrogens is 376 g/mol. The molecule has 2 rings (SSSR count). The smallest absolute Gasteiger partial charge is 0.343 e. The third kappa shape index (κ3) is 6.25. The number of thiazole rings is 1. The van der Waals surface area contributed by atoms with Crippen LogP contribution in [0.25, 0.3) is 0 Å². The fraction of sp³-hybridized carbons (Fsp3) is 0.444. The molecule has 2 aromatic rings. The van der Waals surface area contributed by atoms with Gasteiger partial charge in [0, 0.05) is 18.0 Å². The molecule has 0 aliphatic carbocycles. The first kappa shape index (κ1) is 20.6. The highest BCUT2D eigenvalue weighted by molar-refractivity contribution is 7.13. The highest BCUT2D eigenvalue weighted by Crippen LogP contribution is 2.22. The largest absolute Gasteiger partial charge is 0.482 e. The first-order valence-electron chi connectivity index (χ1n) is 8.16. The Kier molecular flexibility index (Phi) is 7.84. The zero-order valence-corrected chi connectivity index (χ0v) is 16.6. The number of hydrogen-bond acceptors (Lipinski definition) is 7. The van der Waals surface area contributed by atoms with E-state index in [1.165, 1.54) is 18.4 Å². The van der Waals surface area contributed by atoms with Crippen LogP contribution in [-0.2, 0) is 16.0 Å². The molecule has 1 aromatic carbocycles. The summed E-state index contributed by atoms with van der Waals surface area (Å²) in [5.41, 5.74) is 1.74. The van der Waals surface area contributed by atoms with E-state index in [1.54, 1.807) is 5.38 Å². The van der Waals surface area contributed by atoms with Crippen LogP contribution >= 0.6 is 22.9 Å². The number of rotatable bonds is 9. The van der Waals surface area contributed by atoms with Crippen LogP contribution in [0.15, 0.2) is 29.6 Å². The Morgan fingerprint density at radius 3 is 2.65 bits per heavy atom. The van der Waals surface area contributed by atoms with Gasteiger partial charge in [0.2, 0.25) is 0 Å². The summed E-state index contributed by atoms with van der Waals surface area (Å²) in [5.74, 6) is 0.209. The Bertz CT molecular complexity index is 707. The molecule has 2 unspecified atom stereocenters. The van der Waals surface area contributed by atoms with Crippen LogP contribution in [0, 0.1) is 0 Å². The SMILES string of the molecule is COC(=O)COc1ccc(CC(C)N(C)CC(O)c2csc(Cl)n2)cc1. The van der Waals surface area contributed by atoms with Crippen molar-refractivity contribution in [2.24, 2.45) is 0 Å². The molecule has 0 amide bonds. The second-order valence-corrected chi connectivity index (χ2v) is 7.48. The van der Waals surface area contributed by atoms with Gasteiger partial charge < -0.3 is 19.5 Å². The highest BCUT2D eigenvalue weighted by Gasteiger charge is 2.18. The number of aliphatic hydroxyl groups is 1. The van der Waals surface area contributed by atoms with Gasteiger partial charge >= 0.3 is 5.97 Å². The topological polar surface area (TPSA) is 71.9 Å². The lowest BCUT2D eigenvalue weighted by atomic mass is 10.1. The minimum atomic E-state index is -0.666. The summed E-state index contributed by atoms with van der Waals surface area (Å²) in [7, 11) is 3.29. The van der Waals surface area contributed by atoms with E-state index >= 15 is 0 Å². The van der Waals surface area contributed by atoms with Gasteiger partial charge in [0.15, 0.2) is 11.1 Å². The van der Waals surface area contributed by atoms with Gasteiger partial charge in [-0.15, -0.1) is 11.3 Å². The second-order valence-electron chi connectivity index (χ2n) is 6.04. The zero-order chi connectivity index (χ0) is 19.1. The van der Waals surface area contributed by atoms with Gasteiger partial charge in [-0.3, -0.25) is 0 Å². The van der Waals surface area contributed by atoms with Gasteiger partial charge in [0.25, 0.3) is 0 Å². The molecule has 0 bridgehead atoms. The number of nitrogens with zero attached hydrogens (tertiary/aromatic N) is 2. The molecular formula is C18H23ClN2O4S. The molecule has 8 heteroatoms. The molecule has 0 aliphatic heterocycles. The number of esters is 1. The summed E-state index contributed by atoms with van der Waals surface area (Å²) >= 11 is 7.13. The quantitative estimate of drug-likeness (QED) is 0.655. The van der Waals surface area contributed by atoms with E-state index in [-0.39, 0.29) is 12.6 Å². The number of aliphatic hydroxyl groups excluding tert-OH is 1. The van der Waals surface area contributed by atoms with Gasteiger partial charge in [-0.05, 0) is 38.1 Å². The molecule has 1 aromatic heterocycles. The predicted octanol–water partition coefficient (Wildman–Crippen LogP) is 2.94. The molecule has 0 radical (unpaired) electrons. The molecule has 0 aliphatic rings. The number of aromatic nitrogens is 1. The van der Waals surface area contributed by atoms with E-state index < -0.39 is 12.1 Å². The Morgan fingerprint density at radius 2 is 2.08 bits per heavy atom. The molecule has 1 heterocycles. The van der Waals surface area contributed by atoms with Crippen LogP contribution in [0.2, 0.25) is 4.47 Å². The summed E-state index contributed by atoms with van der Waals surface area (Å²) in [5, 5.41) is 12.0. The average Bonchev–Trinajstić information content (AvgIpc) is 3.07. The van der Waals surface area contributed by atoms with Crippen molar-refractivity contribution in [3.05, 3.63) is 45.4 Å². The lowest BCUT2D eigenvalue weighted by molar-refractivity contribution is -0.142. The van der Waals surface area contributed by atoms with Crippen molar-refractivity contribution in [2.45, 2.75) is 25.5 Å². The summed E-state index contributed by atoms with van der Waals surface area (Å²) in [4.78, 5) is 17.3. The Hall–Kier alpha value is -1.67. The monoisotopic (exact) mass is 398 g/mol. The fourth-order valence-corrected chi connectivity index (χ4v) is 3.20. The predicted molar refractivity (Wildman–Crippen MR) is 102 cm³/mol. The standard InChI is InChI=1S/C18H23ClN2O4S/c1-12(21(2)9-16(22)15-11-26-18(19)20-15)8-13-4-6-14(7-5-13)25-10-17(23)24-3/h4-7,11-12,16,22H,8-10H2,1-3H3. The summed E-state index contributed by atoms with van der Waals surface area (Å²) < 4.78 is 10.3. The highest BCUT2D eigenvalue weighted by atomic mass is 35.5. The van der Waals surface area contributed by atoms with Gasteiger partial charge in [0.1, 0.15) is 11.9 Å². The van der Waals surface area contributed by atoms with E-state index in [1.807, 2.05) is 31.3 Å². The third-order valence-electron chi connectivity index (χ3n) is 4.09. The lowest BCUT2D eigenvalue weighted by Gasteiger charge is -2.26. The summed E-state index contributed by atoms with van der Waals surface area (Å²) in [6, 6.07) is 7.82. The molecule has 6 nitrogen and oxygen atoms in total. The normalized spacial score (nSPS) is 13.5. The van der Waals surface area contributed by atoms with Crippen LogP contribution in [0.1, 0.15) is 24.3 Å². The number of carbonyl (C=O) groups excluding carboxylic acids is 1. The maximum absolute atomic E-state index is 11.1. The molecule has 26 heavy (non-hydrogen) atoms. The summed E-state index contributed by atoms with van der Waals surface area (Å²) in [6.45, 7) is 2.47. The lowest BCUT2D eigenvalue weighted by Crippen LogP contribution is -2.34. The molecule has 0 fully saturated rings. The van der Waals surface area contributed by atoms with E-state index in [2.05, 4.69) is 21.5 Å².